The van der Waals surface area contributed by atoms with E-state index in [9.17, 15) is 19.5 Å². The van der Waals surface area contributed by atoms with E-state index in [0.717, 1.165) is 10.8 Å². The van der Waals surface area contributed by atoms with Gasteiger partial charge >= 0.3 is 29.6 Å². The molecule has 2 amide bonds. The van der Waals surface area contributed by atoms with Crippen molar-refractivity contribution in [2.45, 2.75) is 43.0 Å². The molecule has 0 radical (unpaired) electrons. The first-order valence-corrected chi connectivity index (χ1v) is 10.3. The van der Waals surface area contributed by atoms with Gasteiger partial charge < -0.3 is 30.3 Å². The summed E-state index contributed by atoms with van der Waals surface area (Å²) in [6.07, 6.45) is 0. The van der Waals surface area contributed by atoms with Crippen molar-refractivity contribution in [2.75, 3.05) is 6.61 Å². The molecule has 8 nitrogen and oxygen atoms in total. The Morgan fingerprint density at radius 2 is 1.90 bits per heavy atom. The normalized spacial score (nSPS) is 23.1. The summed E-state index contributed by atoms with van der Waals surface area (Å²) in [5.41, 5.74) is 0.370. The summed E-state index contributed by atoms with van der Waals surface area (Å²) in [7, 11) is 0. The van der Waals surface area contributed by atoms with Crippen molar-refractivity contribution in [3.05, 3.63) is 42.0 Å². The number of carbonyl (C=O) groups is 3. The quantitative estimate of drug-likeness (QED) is 0.387. The molecule has 2 aromatic carbocycles. The Kier molecular flexibility index (Phi) is 7.71. The van der Waals surface area contributed by atoms with Crippen molar-refractivity contribution < 1.29 is 59.3 Å². The number of nitrogens with one attached hydrogen (secondary N) is 1. The largest absolute Gasteiger partial charge is 1.00 e. The number of hydrogen-bond donors (Lipinski definition) is 1. The van der Waals surface area contributed by atoms with Gasteiger partial charge in [-0.1, -0.05) is 30.3 Å². The topological polar surface area (TPSA) is 130 Å². The van der Waals surface area contributed by atoms with Gasteiger partial charge in [-0.2, -0.15) is 0 Å². The van der Waals surface area contributed by atoms with Crippen LogP contribution in [0.2, 0.25) is 0 Å². The third-order valence-corrected chi connectivity index (χ3v) is 6.94. The molecule has 160 valence electrons. The fourth-order valence-electron chi connectivity index (χ4n) is 4.10. The van der Waals surface area contributed by atoms with Crippen LogP contribution in [0.1, 0.15) is 31.1 Å². The number of carbonyl (C=O) groups excluding carboxylic acids is 3. The van der Waals surface area contributed by atoms with Crippen molar-refractivity contribution in [1.82, 2.24) is 10.2 Å². The molecule has 0 saturated carbocycles. The Hall–Kier alpha value is -1.78. The SMILES string of the molecule is CCOc1ccc2ccccc2c1C(=O)N[C@@H]1C(=O)N2[C@@H]1SC(C)(C)[C@@H]2C(=O)[O-].O.[Na+]. The summed E-state index contributed by atoms with van der Waals surface area (Å²) in [5, 5.41) is 15.5. The number of carboxylic acid groups (broad SMARTS) is 1. The molecule has 2 saturated heterocycles. The first kappa shape index (κ1) is 25.5. The van der Waals surface area contributed by atoms with Gasteiger partial charge in [-0.05, 0) is 37.6 Å². The van der Waals surface area contributed by atoms with Crippen molar-refractivity contribution in [1.29, 1.82) is 0 Å². The van der Waals surface area contributed by atoms with Crippen molar-refractivity contribution in [2.24, 2.45) is 0 Å². The molecule has 0 aromatic heterocycles. The third-order valence-electron chi connectivity index (χ3n) is 5.37. The molecular weight excluding hydrogens is 431 g/mol. The van der Waals surface area contributed by atoms with Gasteiger partial charge in [0.1, 0.15) is 17.2 Å². The van der Waals surface area contributed by atoms with Gasteiger partial charge in [-0.25, -0.2) is 0 Å². The number of β-lactam (4-membered cyclic amide) rings is 1. The first-order chi connectivity index (χ1) is 13.8. The Bertz CT molecular complexity index is 1030. The number of fused-ring (bicyclic) bond motifs is 2. The molecule has 0 unspecified atom stereocenters. The average molecular weight is 454 g/mol. The van der Waals surface area contributed by atoms with Gasteiger partial charge in [0, 0.05) is 4.75 Å². The van der Waals surface area contributed by atoms with Gasteiger partial charge in [0.15, 0.2) is 0 Å². The summed E-state index contributed by atoms with van der Waals surface area (Å²) in [6, 6.07) is 9.28. The molecule has 2 fully saturated rings. The van der Waals surface area contributed by atoms with E-state index in [0.29, 0.717) is 17.9 Å². The molecule has 3 N–H and O–H groups in total. The van der Waals surface area contributed by atoms with E-state index in [2.05, 4.69) is 5.32 Å². The summed E-state index contributed by atoms with van der Waals surface area (Å²) in [5.74, 6) is -1.66. The van der Waals surface area contributed by atoms with Crippen LogP contribution in [0.3, 0.4) is 0 Å². The standard InChI is InChI=1S/C21H22N2O5S.Na.H2O/c1-4-28-13-10-9-11-7-5-6-8-12(11)14(13)17(24)22-15-18(25)23-16(20(26)27)21(2,3)29-19(15)23;;/h5-10,15-16,19H,4H2,1-3H3,(H,22,24)(H,26,27);;1H2/q;+1;/p-1/t15-,16+,19-;;/m1../s1. The van der Waals surface area contributed by atoms with Gasteiger partial charge in [0.25, 0.3) is 5.91 Å². The van der Waals surface area contributed by atoms with Crippen LogP contribution in [0.5, 0.6) is 5.75 Å². The number of carboxylic acids is 1. The Labute approximate surface area is 206 Å². The number of aliphatic carboxylic acids is 1. The number of thioether (sulfide) groups is 1. The molecular formula is C21H23N2NaO6S. The molecule has 0 bridgehead atoms. The number of hydrogen-bond acceptors (Lipinski definition) is 6. The Balaban J connectivity index is 0.00000171. The van der Waals surface area contributed by atoms with Gasteiger partial charge in [0.2, 0.25) is 5.91 Å². The minimum absolute atomic E-state index is 0. The minimum atomic E-state index is -1.28. The van der Waals surface area contributed by atoms with Crippen LogP contribution in [-0.2, 0) is 9.59 Å². The van der Waals surface area contributed by atoms with E-state index >= 15 is 0 Å². The van der Waals surface area contributed by atoms with E-state index in [1.807, 2.05) is 37.3 Å². The molecule has 2 aliphatic rings. The first-order valence-electron chi connectivity index (χ1n) is 9.42. The summed E-state index contributed by atoms with van der Waals surface area (Å²) in [4.78, 5) is 38.7. The van der Waals surface area contributed by atoms with E-state index < -0.39 is 40.0 Å². The number of nitrogens with zero attached hydrogens (tertiary/aromatic N) is 1. The minimum Gasteiger partial charge on any atom is -0.548 e. The summed E-state index contributed by atoms with van der Waals surface area (Å²) >= 11 is 1.36. The molecule has 4 rings (SSSR count). The molecule has 0 aliphatic carbocycles. The van der Waals surface area contributed by atoms with Gasteiger partial charge in [-0.15, -0.1) is 11.8 Å². The van der Waals surface area contributed by atoms with Crippen LogP contribution in [0.25, 0.3) is 10.8 Å². The van der Waals surface area contributed by atoms with E-state index in [1.165, 1.54) is 16.7 Å². The molecule has 2 aromatic rings. The van der Waals surface area contributed by atoms with Crippen LogP contribution in [0.4, 0.5) is 0 Å². The monoisotopic (exact) mass is 454 g/mol. The van der Waals surface area contributed by atoms with Crippen LogP contribution in [0.15, 0.2) is 36.4 Å². The summed E-state index contributed by atoms with van der Waals surface area (Å²) < 4.78 is 4.95. The van der Waals surface area contributed by atoms with Crippen molar-refractivity contribution in [3.63, 3.8) is 0 Å². The maximum atomic E-state index is 13.2. The Morgan fingerprint density at radius 1 is 1.23 bits per heavy atom. The zero-order chi connectivity index (χ0) is 20.9. The Morgan fingerprint density at radius 3 is 2.55 bits per heavy atom. The van der Waals surface area contributed by atoms with Crippen LogP contribution in [-0.4, -0.2) is 57.0 Å². The second kappa shape index (κ2) is 9.38. The summed E-state index contributed by atoms with van der Waals surface area (Å²) in [6.45, 7) is 5.76. The van der Waals surface area contributed by atoms with Crippen LogP contribution in [0, 0.1) is 0 Å². The second-order valence-corrected chi connectivity index (χ2v) is 9.39. The van der Waals surface area contributed by atoms with Crippen LogP contribution < -0.4 is 44.7 Å². The predicted molar refractivity (Wildman–Crippen MR) is 111 cm³/mol. The number of rotatable bonds is 5. The maximum absolute atomic E-state index is 13.2. The van der Waals surface area contributed by atoms with Gasteiger partial charge in [-0.3, -0.25) is 9.59 Å². The van der Waals surface area contributed by atoms with Crippen molar-refractivity contribution >= 4 is 40.3 Å². The van der Waals surface area contributed by atoms with E-state index in [4.69, 9.17) is 4.74 Å². The maximum Gasteiger partial charge on any atom is 1.00 e. The fraction of sp³-hybridized carbons (Fsp3) is 0.381. The average Bonchev–Trinajstić information content (AvgIpc) is 2.94. The smallest absolute Gasteiger partial charge is 0.548 e. The van der Waals surface area contributed by atoms with E-state index in [-0.39, 0.29) is 35.0 Å². The molecule has 2 heterocycles. The van der Waals surface area contributed by atoms with Crippen LogP contribution >= 0.6 is 11.8 Å². The zero-order valence-corrected chi connectivity index (χ0v) is 20.6. The molecule has 2 aliphatic heterocycles. The van der Waals surface area contributed by atoms with E-state index in [1.54, 1.807) is 19.9 Å². The molecule has 31 heavy (non-hydrogen) atoms. The number of ether oxygens (including phenoxy) is 1. The van der Waals surface area contributed by atoms with Gasteiger partial charge in [0.05, 0.1) is 24.2 Å². The molecule has 10 heteroatoms. The number of benzene rings is 2. The fourth-order valence-corrected chi connectivity index (χ4v) is 5.72. The number of amides is 2. The predicted octanol–water partition coefficient (Wildman–Crippen LogP) is -2.67. The molecule has 3 atom stereocenters. The molecule has 0 spiro atoms. The second-order valence-electron chi connectivity index (χ2n) is 7.62. The van der Waals surface area contributed by atoms with Crippen molar-refractivity contribution in [3.8, 4) is 5.75 Å². The third kappa shape index (κ3) is 4.17. The zero-order valence-electron chi connectivity index (χ0n) is 17.8.